The molecule has 0 aliphatic heterocycles. The Hall–Kier alpha value is 0.430. The molecule has 0 unspecified atom stereocenters. The first kappa shape index (κ1) is 25.4. The molecule has 0 bridgehead atoms. The minimum absolute atomic E-state index is 0.956. The Labute approximate surface area is 162 Å². The molecule has 0 aliphatic carbocycles. The maximum absolute atomic E-state index is 2.54. The molecule has 0 N–H and O–H groups in total. The van der Waals surface area contributed by atoms with E-state index in [2.05, 4.69) is 27.7 Å². The van der Waals surface area contributed by atoms with Gasteiger partial charge in [0.2, 0.25) is 0 Å². The van der Waals surface area contributed by atoms with E-state index < -0.39 is 7.26 Å². The molecule has 25 heavy (non-hydrogen) atoms. The molecule has 0 saturated carbocycles. The average molecular weight is 373 g/mol. The first-order chi connectivity index (χ1) is 12.2. The summed E-state index contributed by atoms with van der Waals surface area (Å²) in [4.78, 5) is 0. The Morgan fingerprint density at radius 1 is 0.360 bits per heavy atom. The van der Waals surface area contributed by atoms with Crippen molar-refractivity contribution < 1.29 is 0 Å². The fourth-order valence-corrected chi connectivity index (χ4v) is 9.20. The molecule has 0 fully saturated rings. The molecule has 0 saturated heterocycles. The third kappa shape index (κ3) is 15.2. The Morgan fingerprint density at radius 3 is 0.960 bits per heavy atom. The Bertz CT molecular complexity index is 232. The van der Waals surface area contributed by atoms with E-state index in [-0.39, 0.29) is 0 Å². The van der Waals surface area contributed by atoms with Crippen molar-refractivity contribution >= 4 is 7.26 Å². The summed E-state index contributed by atoms with van der Waals surface area (Å²) in [5.74, 6) is 0. The summed E-state index contributed by atoms with van der Waals surface area (Å²) in [6, 6.07) is 0. The fourth-order valence-electron chi connectivity index (χ4n) is 4.39. The van der Waals surface area contributed by atoms with E-state index in [9.17, 15) is 0 Å². The normalized spacial score (nSPS) is 12.6. The molecular formula is C24H53P. The van der Waals surface area contributed by atoms with E-state index in [0.717, 1.165) is 0 Å². The van der Waals surface area contributed by atoms with Gasteiger partial charge < -0.3 is 0 Å². The summed E-state index contributed by atoms with van der Waals surface area (Å²) < 4.78 is 0. The van der Waals surface area contributed by atoms with Crippen LogP contribution in [0.25, 0.3) is 0 Å². The van der Waals surface area contributed by atoms with Crippen molar-refractivity contribution in [2.75, 3.05) is 24.6 Å². The van der Waals surface area contributed by atoms with Crippen LogP contribution in [-0.4, -0.2) is 24.6 Å². The molecular weight excluding hydrogens is 319 g/mol. The topological polar surface area (TPSA) is 0 Å². The van der Waals surface area contributed by atoms with Gasteiger partial charge >= 0.3 is 162 Å². The number of rotatable bonds is 20. The third-order valence-corrected chi connectivity index (χ3v) is 12.2. The molecule has 0 amide bonds. The Kier molecular flexibility index (Phi) is 19.5. The van der Waals surface area contributed by atoms with Crippen LogP contribution in [0.1, 0.15) is 130 Å². The van der Waals surface area contributed by atoms with Crippen LogP contribution in [0, 0.1) is 0 Å². The van der Waals surface area contributed by atoms with E-state index >= 15 is 0 Å². The van der Waals surface area contributed by atoms with Gasteiger partial charge in [0.15, 0.2) is 0 Å². The predicted octanol–water partition coefficient (Wildman–Crippen LogP) is 9.06. The molecule has 0 aromatic rings. The van der Waals surface area contributed by atoms with Gasteiger partial charge in [-0.1, -0.05) is 0 Å². The SMILES string of the molecule is CCCCCCCC[PH](CC)(CCCCCC)CCCCCCCC. The van der Waals surface area contributed by atoms with Crippen molar-refractivity contribution in [2.24, 2.45) is 0 Å². The summed E-state index contributed by atoms with van der Waals surface area (Å²) in [6.45, 7) is 9.54. The molecule has 154 valence electrons. The Balaban J connectivity index is 4.20. The summed E-state index contributed by atoms with van der Waals surface area (Å²) >= 11 is 0. The van der Waals surface area contributed by atoms with Crippen LogP contribution in [0.3, 0.4) is 0 Å². The van der Waals surface area contributed by atoms with Crippen LogP contribution in [0.4, 0.5) is 0 Å². The monoisotopic (exact) mass is 372 g/mol. The standard InChI is InChI=1S/C24H53P/c1-5-9-12-15-17-20-23-25(8-4,22-19-14-11-7-3)24-21-18-16-13-10-6-2/h25H,5-24H2,1-4H3. The molecule has 0 aromatic heterocycles. The van der Waals surface area contributed by atoms with E-state index in [1.807, 2.05) is 0 Å². The summed E-state index contributed by atoms with van der Waals surface area (Å²) in [6.07, 6.45) is 30.1. The van der Waals surface area contributed by atoms with Gasteiger partial charge in [0.1, 0.15) is 0 Å². The van der Waals surface area contributed by atoms with Gasteiger partial charge in [0.05, 0.1) is 0 Å². The second-order valence-electron chi connectivity index (χ2n) is 8.70. The van der Waals surface area contributed by atoms with Crippen LogP contribution in [0.2, 0.25) is 0 Å². The molecule has 0 rings (SSSR count). The van der Waals surface area contributed by atoms with Crippen molar-refractivity contribution in [2.45, 2.75) is 130 Å². The van der Waals surface area contributed by atoms with E-state index in [1.54, 1.807) is 43.9 Å². The van der Waals surface area contributed by atoms with Gasteiger partial charge in [-0.05, 0) is 0 Å². The molecule has 0 heterocycles. The van der Waals surface area contributed by atoms with Crippen molar-refractivity contribution in [1.82, 2.24) is 0 Å². The predicted molar refractivity (Wildman–Crippen MR) is 124 cm³/mol. The van der Waals surface area contributed by atoms with Gasteiger partial charge in [0.25, 0.3) is 0 Å². The van der Waals surface area contributed by atoms with Gasteiger partial charge in [-0.3, -0.25) is 0 Å². The average Bonchev–Trinajstić information content (AvgIpc) is 2.64. The Morgan fingerprint density at radius 2 is 0.640 bits per heavy atom. The molecule has 0 nitrogen and oxygen atoms in total. The summed E-state index contributed by atoms with van der Waals surface area (Å²) in [5, 5.41) is 0. The first-order valence-electron chi connectivity index (χ1n) is 12.2. The van der Waals surface area contributed by atoms with Crippen molar-refractivity contribution in [1.29, 1.82) is 0 Å². The van der Waals surface area contributed by atoms with Crippen LogP contribution in [0.15, 0.2) is 0 Å². The molecule has 0 radical (unpaired) electrons. The minimum atomic E-state index is -0.956. The van der Waals surface area contributed by atoms with Crippen LogP contribution < -0.4 is 0 Å². The molecule has 0 aromatic carbocycles. The first-order valence-corrected chi connectivity index (χ1v) is 15.1. The van der Waals surface area contributed by atoms with Crippen molar-refractivity contribution in [3.05, 3.63) is 0 Å². The maximum atomic E-state index is 2.54. The number of hydrogen-bond donors (Lipinski definition) is 0. The molecule has 0 aliphatic rings. The zero-order chi connectivity index (χ0) is 18.6. The van der Waals surface area contributed by atoms with Gasteiger partial charge in [-0.2, -0.15) is 0 Å². The van der Waals surface area contributed by atoms with Gasteiger partial charge in [-0.15, -0.1) is 0 Å². The summed E-state index contributed by atoms with van der Waals surface area (Å²) in [7, 11) is -0.956. The summed E-state index contributed by atoms with van der Waals surface area (Å²) in [5.41, 5.74) is 0. The zero-order valence-corrected chi connectivity index (χ0v) is 19.6. The zero-order valence-electron chi connectivity index (χ0n) is 18.6. The van der Waals surface area contributed by atoms with Crippen LogP contribution in [0.5, 0.6) is 0 Å². The second-order valence-corrected chi connectivity index (χ2v) is 13.9. The van der Waals surface area contributed by atoms with E-state index in [0.29, 0.717) is 0 Å². The quantitative estimate of drug-likeness (QED) is 0.148. The molecule has 1 heteroatoms. The third-order valence-electron chi connectivity index (χ3n) is 6.43. The number of hydrogen-bond acceptors (Lipinski definition) is 0. The fraction of sp³-hybridized carbons (Fsp3) is 1.00. The van der Waals surface area contributed by atoms with Crippen LogP contribution >= 0.6 is 7.26 Å². The molecule has 0 spiro atoms. The van der Waals surface area contributed by atoms with E-state index in [4.69, 9.17) is 0 Å². The van der Waals surface area contributed by atoms with Gasteiger partial charge in [-0.25, -0.2) is 0 Å². The van der Waals surface area contributed by atoms with Crippen LogP contribution in [-0.2, 0) is 0 Å². The van der Waals surface area contributed by atoms with E-state index in [1.165, 1.54) is 83.5 Å². The second kappa shape index (κ2) is 19.2. The van der Waals surface area contributed by atoms with Gasteiger partial charge in [0, 0.05) is 0 Å². The van der Waals surface area contributed by atoms with Crippen molar-refractivity contribution in [3.63, 3.8) is 0 Å². The number of unbranched alkanes of at least 4 members (excludes halogenated alkanes) is 13. The molecule has 0 atom stereocenters. The van der Waals surface area contributed by atoms with Crippen molar-refractivity contribution in [3.8, 4) is 0 Å².